The first-order valence-electron chi connectivity index (χ1n) is 11.6. The van der Waals surface area contributed by atoms with Crippen LogP contribution in [0.2, 0.25) is 0 Å². The molecule has 0 amide bonds. The van der Waals surface area contributed by atoms with Crippen molar-refractivity contribution in [3.05, 3.63) is 41.8 Å². The molecule has 1 unspecified atom stereocenters. The normalized spacial score (nSPS) is 20.8. The van der Waals surface area contributed by atoms with Gasteiger partial charge >= 0.3 is 0 Å². The highest BCUT2D eigenvalue weighted by molar-refractivity contribution is 5.80. The van der Waals surface area contributed by atoms with Gasteiger partial charge in [0, 0.05) is 44.4 Å². The molecule has 4 rings (SSSR count). The van der Waals surface area contributed by atoms with E-state index in [-0.39, 0.29) is 0 Å². The van der Waals surface area contributed by atoms with Crippen molar-refractivity contribution in [2.75, 3.05) is 39.4 Å². The molecule has 7 heteroatoms. The molecule has 1 aromatic carbocycles. The van der Waals surface area contributed by atoms with Gasteiger partial charge in [0.2, 0.25) is 5.89 Å². The summed E-state index contributed by atoms with van der Waals surface area (Å²) in [6.07, 6.45) is 5.19. The molecule has 2 fully saturated rings. The van der Waals surface area contributed by atoms with E-state index in [1.807, 2.05) is 12.1 Å². The summed E-state index contributed by atoms with van der Waals surface area (Å²) >= 11 is 0. The predicted molar refractivity (Wildman–Crippen MR) is 123 cm³/mol. The lowest BCUT2D eigenvalue weighted by Gasteiger charge is -2.34. The molecule has 3 heterocycles. The Morgan fingerprint density at radius 3 is 2.71 bits per heavy atom. The molecule has 2 aromatic rings. The molecule has 2 N–H and O–H groups in total. The maximum Gasteiger partial charge on any atom is 0.226 e. The maximum absolute atomic E-state index is 5.66. The average molecular weight is 426 g/mol. The molecular formula is C24H35N5O2. The number of hydrogen-bond acceptors (Lipinski definition) is 5. The Kier molecular flexibility index (Phi) is 7.59. The molecule has 7 nitrogen and oxygen atoms in total. The van der Waals surface area contributed by atoms with E-state index in [0.29, 0.717) is 18.5 Å². The second-order valence-corrected chi connectivity index (χ2v) is 8.65. The van der Waals surface area contributed by atoms with Crippen LogP contribution in [0, 0.1) is 12.8 Å². The van der Waals surface area contributed by atoms with Crippen LogP contribution >= 0.6 is 0 Å². The number of hydrogen-bond donors (Lipinski definition) is 2. The molecule has 1 aromatic heterocycles. The summed E-state index contributed by atoms with van der Waals surface area (Å²) in [7, 11) is 0. The second-order valence-electron chi connectivity index (χ2n) is 8.65. The van der Waals surface area contributed by atoms with Crippen LogP contribution in [-0.2, 0) is 11.3 Å². The Labute approximate surface area is 185 Å². The summed E-state index contributed by atoms with van der Waals surface area (Å²) in [5.74, 6) is 2.21. The van der Waals surface area contributed by atoms with Gasteiger partial charge < -0.3 is 24.7 Å². The first-order valence-corrected chi connectivity index (χ1v) is 11.6. The topological polar surface area (TPSA) is 74.9 Å². The van der Waals surface area contributed by atoms with Crippen LogP contribution in [0.4, 0.5) is 0 Å². The summed E-state index contributed by atoms with van der Waals surface area (Å²) in [4.78, 5) is 11.9. The number of aliphatic imine (C=N–C) groups is 1. The van der Waals surface area contributed by atoms with Crippen LogP contribution in [0.5, 0.6) is 0 Å². The van der Waals surface area contributed by atoms with Crippen molar-refractivity contribution in [2.24, 2.45) is 10.9 Å². The molecule has 0 saturated carbocycles. The van der Waals surface area contributed by atoms with Crippen molar-refractivity contribution in [2.45, 2.75) is 45.7 Å². The van der Waals surface area contributed by atoms with Gasteiger partial charge in [-0.15, -0.1) is 0 Å². The van der Waals surface area contributed by atoms with Crippen LogP contribution in [0.15, 0.2) is 39.9 Å². The van der Waals surface area contributed by atoms with Gasteiger partial charge in [-0.25, -0.2) is 9.98 Å². The zero-order valence-corrected chi connectivity index (χ0v) is 18.8. The summed E-state index contributed by atoms with van der Waals surface area (Å²) in [6.45, 7) is 10.8. The number of benzene rings is 1. The molecular weight excluding hydrogens is 390 g/mol. The van der Waals surface area contributed by atoms with E-state index in [1.54, 1.807) is 6.26 Å². The van der Waals surface area contributed by atoms with Crippen molar-refractivity contribution >= 4 is 5.96 Å². The quantitative estimate of drug-likeness (QED) is 0.524. The summed E-state index contributed by atoms with van der Waals surface area (Å²) in [5, 5.41) is 6.98. The number of likely N-dealkylation sites (tertiary alicyclic amines) is 1. The van der Waals surface area contributed by atoms with Gasteiger partial charge in [0.05, 0.1) is 13.2 Å². The Hall–Kier alpha value is -2.38. The molecule has 0 aliphatic carbocycles. The SMILES string of the molecule is CCNC(=NCc1coc(-c2ccc(C)cc2)n1)NC1CCN(CC2CCOC2)CC1. The van der Waals surface area contributed by atoms with Gasteiger partial charge in [-0.05, 0) is 51.2 Å². The Morgan fingerprint density at radius 2 is 2.00 bits per heavy atom. The summed E-state index contributed by atoms with van der Waals surface area (Å²) < 4.78 is 11.2. The van der Waals surface area contributed by atoms with Crippen LogP contribution < -0.4 is 10.6 Å². The third-order valence-corrected chi connectivity index (χ3v) is 6.06. The Balaban J connectivity index is 1.28. The average Bonchev–Trinajstić information content (AvgIpc) is 3.46. The van der Waals surface area contributed by atoms with E-state index >= 15 is 0 Å². The largest absolute Gasteiger partial charge is 0.444 e. The van der Waals surface area contributed by atoms with Gasteiger partial charge in [-0.1, -0.05) is 17.7 Å². The van der Waals surface area contributed by atoms with Crippen LogP contribution in [0.25, 0.3) is 11.5 Å². The van der Waals surface area contributed by atoms with Crippen molar-refractivity contribution in [1.29, 1.82) is 0 Å². The van der Waals surface area contributed by atoms with Gasteiger partial charge in [-0.2, -0.15) is 0 Å². The summed E-state index contributed by atoms with van der Waals surface area (Å²) in [5.41, 5.74) is 3.04. The zero-order valence-electron chi connectivity index (χ0n) is 18.8. The fourth-order valence-electron chi connectivity index (χ4n) is 4.23. The van der Waals surface area contributed by atoms with E-state index in [9.17, 15) is 0 Å². The number of aromatic nitrogens is 1. The van der Waals surface area contributed by atoms with Crippen LogP contribution in [0.3, 0.4) is 0 Å². The Morgan fingerprint density at radius 1 is 1.19 bits per heavy atom. The predicted octanol–water partition coefficient (Wildman–Crippen LogP) is 3.21. The number of nitrogens with zero attached hydrogens (tertiary/aromatic N) is 3. The molecule has 0 radical (unpaired) electrons. The molecule has 1 atom stereocenters. The molecule has 2 saturated heterocycles. The monoisotopic (exact) mass is 425 g/mol. The number of piperidine rings is 1. The first-order chi connectivity index (χ1) is 15.2. The molecule has 2 aliphatic heterocycles. The van der Waals surface area contributed by atoms with E-state index in [2.05, 4.69) is 46.5 Å². The molecule has 168 valence electrons. The van der Waals surface area contributed by atoms with E-state index in [1.165, 1.54) is 18.5 Å². The third-order valence-electron chi connectivity index (χ3n) is 6.06. The van der Waals surface area contributed by atoms with Gasteiger partial charge in [0.15, 0.2) is 5.96 Å². The lowest BCUT2D eigenvalue weighted by atomic mass is 10.0. The number of rotatable bonds is 7. The maximum atomic E-state index is 5.66. The Bertz CT molecular complexity index is 834. The standard InChI is InChI=1S/C24H35N5O2/c1-3-25-24(28-21-8-11-29(12-9-21)15-19-10-13-30-16-19)26-14-22-17-31-23(27-22)20-6-4-18(2)5-7-20/h4-7,17,19,21H,3,8-16H2,1-2H3,(H2,25,26,28). The van der Waals surface area contributed by atoms with Crippen molar-refractivity contribution in [3.63, 3.8) is 0 Å². The third kappa shape index (κ3) is 6.31. The minimum atomic E-state index is 0.453. The number of oxazole rings is 1. The van der Waals surface area contributed by atoms with Crippen molar-refractivity contribution in [3.8, 4) is 11.5 Å². The highest BCUT2D eigenvalue weighted by atomic mass is 16.5. The van der Waals surface area contributed by atoms with Crippen LogP contribution in [0.1, 0.15) is 37.4 Å². The molecule has 2 aliphatic rings. The molecule has 0 bridgehead atoms. The smallest absolute Gasteiger partial charge is 0.226 e. The number of aryl methyl sites for hydroxylation is 1. The summed E-state index contributed by atoms with van der Waals surface area (Å²) in [6, 6.07) is 8.65. The molecule has 31 heavy (non-hydrogen) atoms. The van der Waals surface area contributed by atoms with Gasteiger partial charge in [0.1, 0.15) is 12.0 Å². The minimum Gasteiger partial charge on any atom is -0.444 e. The fraction of sp³-hybridized carbons (Fsp3) is 0.583. The number of guanidine groups is 1. The molecule has 0 spiro atoms. The zero-order chi connectivity index (χ0) is 21.5. The first kappa shape index (κ1) is 21.8. The lowest BCUT2D eigenvalue weighted by Crippen LogP contribution is -2.49. The van der Waals surface area contributed by atoms with E-state index in [4.69, 9.17) is 14.1 Å². The second kappa shape index (κ2) is 10.8. The highest BCUT2D eigenvalue weighted by Gasteiger charge is 2.24. The van der Waals surface area contributed by atoms with E-state index in [0.717, 1.165) is 68.8 Å². The highest BCUT2D eigenvalue weighted by Crippen LogP contribution is 2.20. The van der Waals surface area contributed by atoms with E-state index < -0.39 is 0 Å². The van der Waals surface area contributed by atoms with Crippen molar-refractivity contribution < 1.29 is 9.15 Å². The lowest BCUT2D eigenvalue weighted by molar-refractivity contribution is 0.150. The fourth-order valence-corrected chi connectivity index (χ4v) is 4.23. The number of ether oxygens (including phenoxy) is 1. The minimum absolute atomic E-state index is 0.453. The van der Waals surface area contributed by atoms with Gasteiger partial charge in [-0.3, -0.25) is 0 Å². The number of nitrogens with one attached hydrogen (secondary N) is 2. The van der Waals surface area contributed by atoms with Crippen molar-refractivity contribution in [1.82, 2.24) is 20.5 Å². The van der Waals surface area contributed by atoms with Crippen LogP contribution in [-0.4, -0.2) is 61.3 Å². The van der Waals surface area contributed by atoms with Gasteiger partial charge in [0.25, 0.3) is 0 Å².